The summed E-state index contributed by atoms with van der Waals surface area (Å²) in [4.78, 5) is 0. The number of hydrogen-bond donors (Lipinski definition) is 1. The second kappa shape index (κ2) is 6.65. The van der Waals surface area contributed by atoms with Crippen molar-refractivity contribution in [1.29, 1.82) is 0 Å². The zero-order valence-corrected chi connectivity index (χ0v) is 12.7. The van der Waals surface area contributed by atoms with Gasteiger partial charge in [0.25, 0.3) is 10.0 Å². The molecular weight excluding hydrogens is 290 g/mol. The standard InChI is InChI=1S/C10H19N5O2S.ClH/c1-3-6-15(9-4-5-11-7-9)18(16,17)10-8-12-13-14(10)2;/h8-9,11H,3-7H2,1-2H3;1H. The summed E-state index contributed by atoms with van der Waals surface area (Å²) in [5, 5.41) is 10.7. The summed E-state index contributed by atoms with van der Waals surface area (Å²) in [5.74, 6) is 0. The Kier molecular flexibility index (Phi) is 5.72. The summed E-state index contributed by atoms with van der Waals surface area (Å²) in [6.45, 7) is 4.08. The Morgan fingerprint density at radius 2 is 2.32 bits per heavy atom. The topological polar surface area (TPSA) is 80.1 Å². The second-order valence-electron chi connectivity index (χ2n) is 4.46. The van der Waals surface area contributed by atoms with E-state index in [0.29, 0.717) is 13.1 Å². The van der Waals surface area contributed by atoms with Gasteiger partial charge in [0.1, 0.15) is 0 Å². The van der Waals surface area contributed by atoms with E-state index in [9.17, 15) is 8.42 Å². The average Bonchev–Trinajstić information content (AvgIpc) is 2.96. The number of aryl methyl sites for hydroxylation is 1. The minimum atomic E-state index is -3.50. The van der Waals surface area contributed by atoms with Crippen LogP contribution < -0.4 is 5.32 Å². The Bertz CT molecular complexity index is 498. The van der Waals surface area contributed by atoms with E-state index in [0.717, 1.165) is 19.4 Å². The van der Waals surface area contributed by atoms with Crippen molar-refractivity contribution in [2.75, 3.05) is 19.6 Å². The molecule has 0 aliphatic carbocycles. The number of nitrogens with zero attached hydrogens (tertiary/aromatic N) is 4. The molecule has 9 heteroatoms. The van der Waals surface area contributed by atoms with Crippen molar-refractivity contribution in [1.82, 2.24) is 24.6 Å². The quantitative estimate of drug-likeness (QED) is 0.828. The van der Waals surface area contributed by atoms with Gasteiger partial charge in [0.05, 0.1) is 6.20 Å². The third-order valence-electron chi connectivity index (χ3n) is 3.13. The maximum atomic E-state index is 12.6. The lowest BCUT2D eigenvalue weighted by Crippen LogP contribution is -2.42. The molecule has 1 saturated heterocycles. The number of nitrogens with one attached hydrogen (secondary N) is 1. The average molecular weight is 310 g/mol. The summed E-state index contributed by atoms with van der Waals surface area (Å²) >= 11 is 0. The minimum absolute atomic E-state index is 0. The molecule has 1 aliphatic rings. The molecule has 1 aromatic rings. The van der Waals surface area contributed by atoms with Gasteiger partial charge in [-0.2, -0.15) is 4.31 Å². The molecule has 1 atom stereocenters. The van der Waals surface area contributed by atoms with Crippen LogP contribution >= 0.6 is 12.4 Å². The molecule has 0 bridgehead atoms. The van der Waals surface area contributed by atoms with E-state index >= 15 is 0 Å². The van der Waals surface area contributed by atoms with E-state index in [4.69, 9.17) is 0 Å². The summed E-state index contributed by atoms with van der Waals surface area (Å²) < 4.78 is 28.1. The van der Waals surface area contributed by atoms with Gasteiger partial charge < -0.3 is 5.32 Å². The third-order valence-corrected chi connectivity index (χ3v) is 5.13. The van der Waals surface area contributed by atoms with Crippen molar-refractivity contribution in [3.8, 4) is 0 Å². The van der Waals surface area contributed by atoms with Gasteiger partial charge in [-0.15, -0.1) is 17.5 Å². The highest BCUT2D eigenvalue weighted by molar-refractivity contribution is 7.89. The van der Waals surface area contributed by atoms with Crippen molar-refractivity contribution in [3.63, 3.8) is 0 Å². The first-order chi connectivity index (χ1) is 8.57. The molecule has 0 radical (unpaired) electrons. The van der Waals surface area contributed by atoms with E-state index in [1.54, 1.807) is 11.4 Å². The van der Waals surface area contributed by atoms with Crippen LogP contribution in [-0.4, -0.2) is 53.4 Å². The van der Waals surface area contributed by atoms with Crippen LogP contribution in [0.1, 0.15) is 19.8 Å². The Labute approximate surface area is 119 Å². The number of rotatable bonds is 5. The Hall–Kier alpha value is -0.700. The van der Waals surface area contributed by atoms with Crippen molar-refractivity contribution in [2.24, 2.45) is 7.05 Å². The molecular formula is C10H20ClN5O2S. The first kappa shape index (κ1) is 16.4. The molecule has 0 amide bonds. The van der Waals surface area contributed by atoms with Gasteiger partial charge >= 0.3 is 0 Å². The summed E-state index contributed by atoms with van der Waals surface area (Å²) in [6, 6.07) is 0.0323. The highest BCUT2D eigenvalue weighted by Gasteiger charge is 2.34. The predicted octanol–water partition coefficient (Wildman–Crippen LogP) is -0.000500. The SMILES string of the molecule is CCCN(C1CCNC1)S(=O)(=O)c1cnnn1C.Cl. The van der Waals surface area contributed by atoms with E-state index in [1.165, 1.54) is 10.9 Å². The largest absolute Gasteiger partial charge is 0.315 e. The first-order valence-corrected chi connectivity index (χ1v) is 7.58. The van der Waals surface area contributed by atoms with Crippen LogP contribution in [0, 0.1) is 0 Å². The lowest BCUT2D eigenvalue weighted by atomic mass is 10.2. The molecule has 110 valence electrons. The number of hydrogen-bond acceptors (Lipinski definition) is 5. The summed E-state index contributed by atoms with van der Waals surface area (Å²) in [6.07, 6.45) is 2.95. The zero-order valence-electron chi connectivity index (χ0n) is 11.1. The lowest BCUT2D eigenvalue weighted by Gasteiger charge is -2.26. The highest BCUT2D eigenvalue weighted by atomic mass is 35.5. The Morgan fingerprint density at radius 3 is 2.79 bits per heavy atom. The monoisotopic (exact) mass is 309 g/mol. The predicted molar refractivity (Wildman–Crippen MR) is 73.7 cm³/mol. The van der Waals surface area contributed by atoms with Gasteiger partial charge in [0.2, 0.25) is 0 Å². The van der Waals surface area contributed by atoms with Crippen LogP contribution in [0.3, 0.4) is 0 Å². The fourth-order valence-corrected chi connectivity index (χ4v) is 4.03. The van der Waals surface area contributed by atoms with Crippen LogP contribution in [0.5, 0.6) is 0 Å². The molecule has 1 aliphatic heterocycles. The van der Waals surface area contributed by atoms with Crippen LogP contribution in [-0.2, 0) is 17.1 Å². The Balaban J connectivity index is 0.00000180. The Morgan fingerprint density at radius 1 is 1.58 bits per heavy atom. The molecule has 1 aromatic heterocycles. The van der Waals surface area contributed by atoms with Crippen molar-refractivity contribution < 1.29 is 8.42 Å². The maximum absolute atomic E-state index is 12.6. The molecule has 1 N–H and O–H groups in total. The van der Waals surface area contributed by atoms with E-state index in [1.807, 2.05) is 6.92 Å². The molecule has 7 nitrogen and oxygen atoms in total. The fourth-order valence-electron chi connectivity index (χ4n) is 2.24. The summed E-state index contributed by atoms with van der Waals surface area (Å²) in [5.41, 5.74) is 0. The van der Waals surface area contributed by atoms with Crippen molar-refractivity contribution in [3.05, 3.63) is 6.20 Å². The van der Waals surface area contributed by atoms with Gasteiger partial charge in [-0.25, -0.2) is 13.1 Å². The van der Waals surface area contributed by atoms with Crippen LogP contribution in [0.25, 0.3) is 0 Å². The molecule has 0 aromatic carbocycles. The van der Waals surface area contributed by atoms with E-state index < -0.39 is 10.0 Å². The molecule has 1 fully saturated rings. The van der Waals surface area contributed by atoms with Crippen LogP contribution in [0.4, 0.5) is 0 Å². The van der Waals surface area contributed by atoms with Crippen LogP contribution in [0.2, 0.25) is 0 Å². The lowest BCUT2D eigenvalue weighted by molar-refractivity contribution is 0.332. The fraction of sp³-hybridized carbons (Fsp3) is 0.800. The van der Waals surface area contributed by atoms with Gasteiger partial charge in [-0.05, 0) is 19.4 Å². The normalized spacial score (nSPS) is 19.6. The second-order valence-corrected chi connectivity index (χ2v) is 6.30. The zero-order chi connectivity index (χ0) is 13.2. The number of aromatic nitrogens is 3. The van der Waals surface area contributed by atoms with Gasteiger partial charge in [0, 0.05) is 26.2 Å². The molecule has 2 heterocycles. The molecule has 1 unspecified atom stereocenters. The molecule has 2 rings (SSSR count). The smallest absolute Gasteiger partial charge is 0.262 e. The van der Waals surface area contributed by atoms with E-state index in [-0.39, 0.29) is 23.5 Å². The number of halogens is 1. The minimum Gasteiger partial charge on any atom is -0.315 e. The van der Waals surface area contributed by atoms with Gasteiger partial charge in [-0.3, -0.25) is 0 Å². The van der Waals surface area contributed by atoms with Crippen molar-refractivity contribution in [2.45, 2.75) is 30.8 Å². The highest BCUT2D eigenvalue weighted by Crippen LogP contribution is 2.20. The molecule has 0 spiro atoms. The van der Waals surface area contributed by atoms with Gasteiger partial charge in [0.15, 0.2) is 5.03 Å². The third kappa shape index (κ3) is 3.25. The number of sulfonamides is 1. The van der Waals surface area contributed by atoms with E-state index in [2.05, 4.69) is 15.6 Å². The summed E-state index contributed by atoms with van der Waals surface area (Å²) in [7, 11) is -1.91. The van der Waals surface area contributed by atoms with Gasteiger partial charge in [-0.1, -0.05) is 12.1 Å². The van der Waals surface area contributed by atoms with Crippen molar-refractivity contribution >= 4 is 22.4 Å². The van der Waals surface area contributed by atoms with Crippen LogP contribution in [0.15, 0.2) is 11.2 Å². The first-order valence-electron chi connectivity index (χ1n) is 6.14. The maximum Gasteiger partial charge on any atom is 0.262 e. The molecule has 0 saturated carbocycles. The molecule has 19 heavy (non-hydrogen) atoms.